The maximum atomic E-state index is 12.1. The van der Waals surface area contributed by atoms with Crippen molar-refractivity contribution in [2.75, 3.05) is 24.6 Å². The predicted octanol–water partition coefficient (Wildman–Crippen LogP) is 3.47. The van der Waals surface area contributed by atoms with E-state index in [4.69, 9.17) is 27.9 Å². The number of carbonyl (C=O) groups is 2. The van der Waals surface area contributed by atoms with Crippen LogP contribution in [0.2, 0.25) is 10.0 Å². The SMILES string of the molecule is O=C(CCN1C(=O)COc2ccccc21)NCCc1ccc(Cl)cc1Cl. The van der Waals surface area contributed by atoms with Crippen molar-refractivity contribution >= 4 is 40.7 Å². The Bertz CT molecular complexity index is 826. The normalized spacial score (nSPS) is 13.2. The van der Waals surface area contributed by atoms with Crippen LogP contribution in [-0.4, -0.2) is 31.5 Å². The summed E-state index contributed by atoms with van der Waals surface area (Å²) in [5.41, 5.74) is 1.62. The average Bonchev–Trinajstić information content (AvgIpc) is 2.62. The molecule has 26 heavy (non-hydrogen) atoms. The second-order valence-corrected chi connectivity index (χ2v) is 6.73. The Morgan fingerprint density at radius 3 is 2.81 bits per heavy atom. The minimum absolute atomic E-state index is 0.00625. The summed E-state index contributed by atoms with van der Waals surface area (Å²) in [4.78, 5) is 25.8. The van der Waals surface area contributed by atoms with Crippen LogP contribution in [0.4, 0.5) is 5.69 Å². The van der Waals surface area contributed by atoms with Crippen LogP contribution < -0.4 is 15.0 Å². The standard InChI is InChI=1S/C19H18Cl2N2O3/c20-14-6-5-13(15(21)11-14)7-9-22-18(24)8-10-23-16-3-1-2-4-17(16)26-12-19(23)25/h1-6,11H,7-10,12H2,(H,22,24). The second kappa shape index (κ2) is 8.43. The number of amides is 2. The van der Waals surface area contributed by atoms with Gasteiger partial charge in [0.05, 0.1) is 5.69 Å². The monoisotopic (exact) mass is 392 g/mol. The van der Waals surface area contributed by atoms with Crippen LogP contribution in [0.15, 0.2) is 42.5 Å². The molecular formula is C19H18Cl2N2O3. The Morgan fingerprint density at radius 1 is 1.19 bits per heavy atom. The zero-order valence-electron chi connectivity index (χ0n) is 14.0. The van der Waals surface area contributed by atoms with Gasteiger partial charge >= 0.3 is 0 Å². The van der Waals surface area contributed by atoms with Crippen LogP contribution in [-0.2, 0) is 16.0 Å². The van der Waals surface area contributed by atoms with Crippen LogP contribution in [0.5, 0.6) is 5.75 Å². The van der Waals surface area contributed by atoms with Crippen molar-refractivity contribution in [2.24, 2.45) is 0 Å². The summed E-state index contributed by atoms with van der Waals surface area (Å²) in [6.07, 6.45) is 0.829. The highest BCUT2D eigenvalue weighted by Gasteiger charge is 2.25. The summed E-state index contributed by atoms with van der Waals surface area (Å²) in [5.74, 6) is 0.390. The van der Waals surface area contributed by atoms with E-state index < -0.39 is 0 Å². The number of carbonyl (C=O) groups excluding carboxylic acids is 2. The van der Waals surface area contributed by atoms with E-state index in [0.717, 1.165) is 5.56 Å². The molecule has 1 aliphatic rings. The molecule has 0 saturated carbocycles. The van der Waals surface area contributed by atoms with Crippen molar-refractivity contribution in [2.45, 2.75) is 12.8 Å². The van der Waals surface area contributed by atoms with Crippen LogP contribution in [0.3, 0.4) is 0 Å². The number of benzene rings is 2. The molecule has 0 fully saturated rings. The molecule has 2 aromatic rings. The van der Waals surface area contributed by atoms with E-state index in [1.807, 2.05) is 30.3 Å². The van der Waals surface area contributed by atoms with Crippen LogP contribution in [0, 0.1) is 0 Å². The lowest BCUT2D eigenvalue weighted by Crippen LogP contribution is -2.41. The Labute approximate surface area is 161 Å². The maximum Gasteiger partial charge on any atom is 0.265 e. The Morgan fingerprint density at radius 2 is 2.00 bits per heavy atom. The molecule has 1 N–H and O–H groups in total. The highest BCUT2D eigenvalue weighted by atomic mass is 35.5. The molecule has 136 valence electrons. The molecule has 0 bridgehead atoms. The molecule has 0 atom stereocenters. The third-order valence-electron chi connectivity index (χ3n) is 4.10. The molecule has 0 spiro atoms. The number of rotatable bonds is 6. The van der Waals surface area contributed by atoms with Gasteiger partial charge in [0.25, 0.3) is 5.91 Å². The van der Waals surface area contributed by atoms with E-state index >= 15 is 0 Å². The Balaban J connectivity index is 1.49. The molecule has 0 saturated heterocycles. The van der Waals surface area contributed by atoms with Gasteiger partial charge in [0, 0.05) is 29.6 Å². The van der Waals surface area contributed by atoms with E-state index in [1.54, 1.807) is 17.0 Å². The lowest BCUT2D eigenvalue weighted by atomic mass is 10.1. The summed E-state index contributed by atoms with van der Waals surface area (Å²) in [6.45, 7) is 0.772. The Hall–Kier alpha value is -2.24. The fourth-order valence-electron chi connectivity index (χ4n) is 2.76. The number of fused-ring (bicyclic) bond motifs is 1. The van der Waals surface area contributed by atoms with Gasteiger partial charge in [-0.25, -0.2) is 0 Å². The minimum atomic E-state index is -0.149. The fourth-order valence-corrected chi connectivity index (χ4v) is 3.26. The summed E-state index contributed by atoms with van der Waals surface area (Å²) in [7, 11) is 0. The number of hydrogen-bond acceptors (Lipinski definition) is 3. The molecule has 0 aromatic heterocycles. The van der Waals surface area contributed by atoms with Crippen LogP contribution in [0.1, 0.15) is 12.0 Å². The first-order valence-corrected chi connectivity index (χ1v) is 9.03. The van der Waals surface area contributed by atoms with Crippen molar-refractivity contribution in [3.63, 3.8) is 0 Å². The van der Waals surface area contributed by atoms with E-state index in [1.165, 1.54) is 0 Å². The molecule has 1 heterocycles. The maximum absolute atomic E-state index is 12.1. The molecular weight excluding hydrogens is 375 g/mol. The van der Waals surface area contributed by atoms with E-state index in [0.29, 0.717) is 41.0 Å². The largest absolute Gasteiger partial charge is 0.482 e. The highest BCUT2D eigenvalue weighted by Crippen LogP contribution is 2.31. The van der Waals surface area contributed by atoms with Gasteiger partial charge < -0.3 is 15.0 Å². The van der Waals surface area contributed by atoms with E-state index in [9.17, 15) is 9.59 Å². The zero-order chi connectivity index (χ0) is 18.5. The van der Waals surface area contributed by atoms with Gasteiger partial charge in [-0.15, -0.1) is 0 Å². The van der Waals surface area contributed by atoms with E-state index in [2.05, 4.69) is 5.32 Å². The third kappa shape index (κ3) is 4.48. The molecule has 0 aliphatic carbocycles. The molecule has 7 heteroatoms. The first-order valence-electron chi connectivity index (χ1n) is 8.27. The van der Waals surface area contributed by atoms with Crippen molar-refractivity contribution in [3.05, 3.63) is 58.1 Å². The summed E-state index contributed by atoms with van der Waals surface area (Å²) in [5, 5.41) is 4.02. The molecule has 0 radical (unpaired) electrons. The number of para-hydroxylation sites is 2. The van der Waals surface area contributed by atoms with Gasteiger partial charge in [0.1, 0.15) is 5.75 Å². The topological polar surface area (TPSA) is 58.6 Å². The van der Waals surface area contributed by atoms with Crippen molar-refractivity contribution in [1.29, 1.82) is 0 Å². The number of hydrogen-bond donors (Lipinski definition) is 1. The molecule has 5 nitrogen and oxygen atoms in total. The summed E-state index contributed by atoms with van der Waals surface area (Å²) >= 11 is 12.0. The minimum Gasteiger partial charge on any atom is -0.482 e. The summed E-state index contributed by atoms with van der Waals surface area (Å²) in [6, 6.07) is 12.6. The number of halogens is 2. The first kappa shape index (κ1) is 18.5. The predicted molar refractivity (Wildman–Crippen MR) is 102 cm³/mol. The van der Waals surface area contributed by atoms with Gasteiger partial charge in [-0.05, 0) is 36.2 Å². The van der Waals surface area contributed by atoms with Crippen molar-refractivity contribution in [1.82, 2.24) is 5.32 Å². The van der Waals surface area contributed by atoms with Crippen LogP contribution in [0.25, 0.3) is 0 Å². The van der Waals surface area contributed by atoms with Gasteiger partial charge in [-0.3, -0.25) is 9.59 Å². The van der Waals surface area contributed by atoms with Crippen molar-refractivity contribution < 1.29 is 14.3 Å². The zero-order valence-corrected chi connectivity index (χ0v) is 15.5. The van der Waals surface area contributed by atoms with Gasteiger partial charge in [0.2, 0.25) is 5.91 Å². The number of ether oxygens (including phenoxy) is 1. The molecule has 0 unspecified atom stereocenters. The Kier molecular flexibility index (Phi) is 6.01. The first-order chi connectivity index (χ1) is 12.5. The average molecular weight is 393 g/mol. The van der Waals surface area contributed by atoms with Crippen molar-refractivity contribution in [3.8, 4) is 5.75 Å². The lowest BCUT2D eigenvalue weighted by Gasteiger charge is -2.29. The number of nitrogens with one attached hydrogen (secondary N) is 1. The molecule has 2 amide bonds. The van der Waals surface area contributed by atoms with E-state index in [-0.39, 0.29) is 24.8 Å². The molecule has 3 rings (SSSR count). The quantitative estimate of drug-likeness (QED) is 0.818. The molecule has 2 aromatic carbocycles. The van der Waals surface area contributed by atoms with Gasteiger partial charge in [-0.1, -0.05) is 41.4 Å². The lowest BCUT2D eigenvalue weighted by molar-refractivity contribution is -0.122. The number of anilines is 1. The second-order valence-electron chi connectivity index (χ2n) is 5.89. The number of nitrogens with zero attached hydrogens (tertiary/aromatic N) is 1. The van der Waals surface area contributed by atoms with Gasteiger partial charge in [0.15, 0.2) is 6.61 Å². The molecule has 1 aliphatic heterocycles. The van der Waals surface area contributed by atoms with Gasteiger partial charge in [-0.2, -0.15) is 0 Å². The smallest absolute Gasteiger partial charge is 0.265 e. The highest BCUT2D eigenvalue weighted by molar-refractivity contribution is 6.35. The third-order valence-corrected chi connectivity index (χ3v) is 4.69. The fraction of sp³-hybridized carbons (Fsp3) is 0.263. The van der Waals surface area contributed by atoms with Crippen LogP contribution >= 0.6 is 23.2 Å². The summed E-state index contributed by atoms with van der Waals surface area (Å²) < 4.78 is 5.39.